The molecule has 1 aliphatic heterocycles. The Labute approximate surface area is 106 Å². The number of aliphatic imine (C=N–C) groups is 1. The van der Waals surface area contributed by atoms with Gasteiger partial charge in [-0.1, -0.05) is 12.2 Å². The van der Waals surface area contributed by atoms with Crippen LogP contribution in [0, 0.1) is 0 Å². The maximum Gasteiger partial charge on any atom is 0.338 e. The van der Waals surface area contributed by atoms with Gasteiger partial charge in [0.1, 0.15) is 6.10 Å². The summed E-state index contributed by atoms with van der Waals surface area (Å²) < 4.78 is 10.2. The topological polar surface area (TPSA) is 47.9 Å². The van der Waals surface area contributed by atoms with E-state index in [2.05, 4.69) is 4.99 Å². The fraction of sp³-hybridized carbons (Fsp3) is 0.286. The van der Waals surface area contributed by atoms with Crippen LogP contribution in [0.1, 0.15) is 17.3 Å². The van der Waals surface area contributed by atoms with Gasteiger partial charge >= 0.3 is 5.97 Å². The summed E-state index contributed by atoms with van der Waals surface area (Å²) in [6.07, 6.45) is 5.61. The fourth-order valence-corrected chi connectivity index (χ4v) is 1.56. The maximum atomic E-state index is 11.4. The number of carbonyl (C=O) groups excluding carboxylic acids is 1. The van der Waals surface area contributed by atoms with E-state index in [0.29, 0.717) is 18.8 Å². The van der Waals surface area contributed by atoms with Gasteiger partial charge in [-0.2, -0.15) is 0 Å². The van der Waals surface area contributed by atoms with Crippen LogP contribution in [0.3, 0.4) is 0 Å². The predicted molar refractivity (Wildman–Crippen MR) is 69.4 cm³/mol. The molecule has 0 saturated carbocycles. The lowest BCUT2D eigenvalue weighted by Crippen LogP contribution is -2.05. The van der Waals surface area contributed by atoms with E-state index in [1.54, 1.807) is 37.4 Å². The van der Waals surface area contributed by atoms with Gasteiger partial charge in [-0.05, 0) is 31.2 Å². The molecule has 94 valence electrons. The average molecular weight is 245 g/mol. The lowest BCUT2D eigenvalue weighted by Gasteiger charge is -2.02. The van der Waals surface area contributed by atoms with Crippen LogP contribution in [0.15, 0.2) is 41.4 Å². The lowest BCUT2D eigenvalue weighted by molar-refractivity contribution is 0.0526. The molecule has 1 unspecified atom stereocenters. The first-order valence-electron chi connectivity index (χ1n) is 5.89. The Morgan fingerprint density at radius 3 is 2.89 bits per heavy atom. The molecule has 18 heavy (non-hydrogen) atoms. The summed E-state index contributed by atoms with van der Waals surface area (Å²) >= 11 is 0. The van der Waals surface area contributed by atoms with Gasteiger partial charge in [-0.15, -0.1) is 0 Å². The van der Waals surface area contributed by atoms with Gasteiger partial charge < -0.3 is 9.47 Å². The highest BCUT2D eigenvalue weighted by molar-refractivity contribution is 5.89. The Morgan fingerprint density at radius 1 is 1.50 bits per heavy atom. The van der Waals surface area contributed by atoms with E-state index in [0.717, 1.165) is 5.69 Å². The molecule has 0 spiro atoms. The van der Waals surface area contributed by atoms with Crippen molar-refractivity contribution in [3.8, 4) is 0 Å². The Balaban J connectivity index is 1.98. The number of carbonyl (C=O) groups is 1. The first-order chi connectivity index (χ1) is 8.79. The second kappa shape index (κ2) is 6.12. The minimum absolute atomic E-state index is 0.0465. The van der Waals surface area contributed by atoms with Crippen molar-refractivity contribution >= 4 is 17.9 Å². The van der Waals surface area contributed by atoms with Gasteiger partial charge in [0.2, 0.25) is 0 Å². The van der Waals surface area contributed by atoms with E-state index < -0.39 is 0 Å². The van der Waals surface area contributed by atoms with Crippen molar-refractivity contribution in [2.24, 2.45) is 4.99 Å². The molecule has 0 fully saturated rings. The third-order valence-electron chi connectivity index (χ3n) is 2.46. The van der Waals surface area contributed by atoms with Crippen LogP contribution < -0.4 is 0 Å². The summed E-state index contributed by atoms with van der Waals surface area (Å²) in [4.78, 5) is 15.7. The van der Waals surface area contributed by atoms with Crippen LogP contribution in [-0.4, -0.2) is 31.5 Å². The number of hydrogen-bond acceptors (Lipinski definition) is 4. The smallest absolute Gasteiger partial charge is 0.338 e. The highest BCUT2D eigenvalue weighted by atomic mass is 16.5. The SMILES string of the molecule is CCOC(=O)c1ccc(N=CC2C=CCO2)cc1. The van der Waals surface area contributed by atoms with E-state index in [4.69, 9.17) is 9.47 Å². The highest BCUT2D eigenvalue weighted by Crippen LogP contribution is 2.14. The normalized spacial score (nSPS) is 18.4. The predicted octanol–water partition coefficient (Wildman–Crippen LogP) is 2.52. The fourth-order valence-electron chi connectivity index (χ4n) is 1.56. The van der Waals surface area contributed by atoms with Crippen LogP contribution >= 0.6 is 0 Å². The van der Waals surface area contributed by atoms with Crippen LogP contribution in [-0.2, 0) is 9.47 Å². The zero-order valence-electron chi connectivity index (χ0n) is 10.2. The summed E-state index contributed by atoms with van der Waals surface area (Å²) in [5.74, 6) is -0.310. The average Bonchev–Trinajstić information content (AvgIpc) is 2.90. The summed E-state index contributed by atoms with van der Waals surface area (Å²) in [7, 11) is 0. The second-order valence-electron chi connectivity index (χ2n) is 3.77. The third-order valence-corrected chi connectivity index (χ3v) is 2.46. The molecule has 0 saturated heterocycles. The van der Waals surface area contributed by atoms with Gasteiger partial charge in [-0.25, -0.2) is 4.79 Å². The second-order valence-corrected chi connectivity index (χ2v) is 3.77. The standard InChI is InChI=1S/C14H15NO3/c1-2-17-14(16)11-5-7-12(8-6-11)15-10-13-4-3-9-18-13/h3-8,10,13H,2,9H2,1H3. The van der Waals surface area contributed by atoms with Gasteiger partial charge in [0.05, 0.1) is 24.5 Å². The van der Waals surface area contributed by atoms with Gasteiger partial charge in [0.25, 0.3) is 0 Å². The van der Waals surface area contributed by atoms with Gasteiger partial charge in [-0.3, -0.25) is 4.99 Å². The summed E-state index contributed by atoms with van der Waals surface area (Å²) in [5.41, 5.74) is 1.32. The minimum atomic E-state index is -0.310. The molecule has 1 heterocycles. The first kappa shape index (κ1) is 12.5. The van der Waals surface area contributed by atoms with Gasteiger partial charge in [0, 0.05) is 6.21 Å². The Bertz CT molecular complexity index is 462. The highest BCUT2D eigenvalue weighted by Gasteiger charge is 2.06. The quantitative estimate of drug-likeness (QED) is 0.465. The Morgan fingerprint density at radius 2 is 2.28 bits per heavy atom. The van der Waals surface area contributed by atoms with Crippen LogP contribution in [0.4, 0.5) is 5.69 Å². The third kappa shape index (κ3) is 3.28. The largest absolute Gasteiger partial charge is 0.462 e. The molecule has 0 N–H and O–H groups in total. The molecule has 0 radical (unpaired) electrons. The van der Waals surface area contributed by atoms with E-state index in [-0.39, 0.29) is 12.1 Å². The molecular formula is C14H15NO3. The Hall–Kier alpha value is -1.94. The number of ether oxygens (including phenoxy) is 2. The van der Waals surface area contributed by atoms with E-state index in [1.165, 1.54) is 0 Å². The number of nitrogens with zero attached hydrogens (tertiary/aromatic N) is 1. The van der Waals surface area contributed by atoms with Crippen molar-refractivity contribution in [2.45, 2.75) is 13.0 Å². The molecule has 1 aromatic rings. The van der Waals surface area contributed by atoms with Gasteiger partial charge in [0.15, 0.2) is 0 Å². The van der Waals surface area contributed by atoms with Crippen molar-refractivity contribution in [1.29, 1.82) is 0 Å². The van der Waals surface area contributed by atoms with Crippen molar-refractivity contribution in [1.82, 2.24) is 0 Å². The molecular weight excluding hydrogens is 230 g/mol. The van der Waals surface area contributed by atoms with Crippen molar-refractivity contribution in [2.75, 3.05) is 13.2 Å². The van der Waals surface area contributed by atoms with Crippen LogP contribution in [0.25, 0.3) is 0 Å². The van der Waals surface area contributed by atoms with Crippen molar-refractivity contribution in [3.63, 3.8) is 0 Å². The molecule has 1 aliphatic rings. The lowest BCUT2D eigenvalue weighted by atomic mass is 10.2. The minimum Gasteiger partial charge on any atom is -0.462 e. The van der Waals surface area contributed by atoms with Crippen LogP contribution in [0.5, 0.6) is 0 Å². The van der Waals surface area contributed by atoms with Crippen LogP contribution in [0.2, 0.25) is 0 Å². The molecule has 0 aliphatic carbocycles. The maximum absolute atomic E-state index is 11.4. The van der Waals surface area contributed by atoms with E-state index >= 15 is 0 Å². The molecule has 1 aromatic carbocycles. The number of hydrogen-bond donors (Lipinski definition) is 0. The molecule has 1 atom stereocenters. The van der Waals surface area contributed by atoms with E-state index in [1.807, 2.05) is 12.2 Å². The van der Waals surface area contributed by atoms with E-state index in [9.17, 15) is 4.79 Å². The zero-order valence-corrected chi connectivity index (χ0v) is 10.2. The zero-order chi connectivity index (χ0) is 12.8. The molecule has 0 aromatic heterocycles. The number of rotatable bonds is 4. The molecule has 0 amide bonds. The number of benzene rings is 1. The first-order valence-corrected chi connectivity index (χ1v) is 5.89. The molecule has 4 nitrogen and oxygen atoms in total. The Kier molecular flexibility index (Phi) is 4.25. The van der Waals surface area contributed by atoms with Crippen molar-refractivity contribution in [3.05, 3.63) is 42.0 Å². The molecule has 2 rings (SSSR count). The summed E-state index contributed by atoms with van der Waals surface area (Å²) in [5, 5.41) is 0. The molecule has 4 heteroatoms. The monoisotopic (exact) mass is 245 g/mol. The van der Waals surface area contributed by atoms with Crippen molar-refractivity contribution < 1.29 is 14.3 Å². The number of esters is 1. The summed E-state index contributed by atoms with van der Waals surface area (Å²) in [6, 6.07) is 6.97. The molecule has 0 bridgehead atoms. The summed E-state index contributed by atoms with van der Waals surface area (Å²) in [6.45, 7) is 2.80.